The van der Waals surface area contributed by atoms with Crippen LogP contribution in [0.5, 0.6) is 0 Å². The maximum atomic E-state index is 12.7. The smallest absolute Gasteiger partial charge is 0.166 e. The fraction of sp³-hybridized carbons (Fsp3) is 0.111. The van der Waals surface area contributed by atoms with Crippen molar-refractivity contribution < 1.29 is 26.3 Å². The fourth-order valence-corrected chi connectivity index (χ4v) is 3.57. The molecule has 0 atom stereocenters. The molecule has 0 aliphatic carbocycles. The molecule has 4 aromatic carbocycles. The molecule has 4 rings (SSSR count). The SMILES string of the molecule is FC(F)(F)c1ccc(-c2ccc(Cc3ccc(-c4ccc(C(F)(F)F)cc4)cc3)cc2)cc1. The second-order valence-electron chi connectivity index (χ2n) is 7.72. The zero-order valence-electron chi connectivity index (χ0n) is 17.2. The van der Waals surface area contributed by atoms with Gasteiger partial charge in [-0.3, -0.25) is 0 Å². The maximum Gasteiger partial charge on any atom is 0.416 e. The van der Waals surface area contributed by atoms with Gasteiger partial charge in [0.15, 0.2) is 0 Å². The molecular formula is C27H18F6. The summed E-state index contributed by atoms with van der Waals surface area (Å²) in [5, 5.41) is 0. The summed E-state index contributed by atoms with van der Waals surface area (Å²) in [5.74, 6) is 0. The van der Waals surface area contributed by atoms with Crippen molar-refractivity contribution in [3.05, 3.63) is 119 Å². The van der Waals surface area contributed by atoms with E-state index >= 15 is 0 Å². The van der Waals surface area contributed by atoms with E-state index in [0.717, 1.165) is 46.5 Å². The molecular weight excluding hydrogens is 438 g/mol. The van der Waals surface area contributed by atoms with Crippen LogP contribution in [0, 0.1) is 0 Å². The van der Waals surface area contributed by atoms with E-state index < -0.39 is 23.5 Å². The number of halogens is 6. The molecule has 0 saturated carbocycles. The van der Waals surface area contributed by atoms with Gasteiger partial charge >= 0.3 is 12.4 Å². The normalized spacial score (nSPS) is 12.1. The molecule has 0 unspecified atom stereocenters. The van der Waals surface area contributed by atoms with Crippen LogP contribution in [-0.4, -0.2) is 0 Å². The molecule has 6 heteroatoms. The Balaban J connectivity index is 1.43. The lowest BCUT2D eigenvalue weighted by molar-refractivity contribution is -0.138. The van der Waals surface area contributed by atoms with Crippen LogP contribution >= 0.6 is 0 Å². The Bertz CT molecular complexity index is 1100. The molecule has 0 aliphatic rings. The molecule has 0 amide bonds. The van der Waals surface area contributed by atoms with Gasteiger partial charge in [-0.1, -0.05) is 72.8 Å². The van der Waals surface area contributed by atoms with Crippen molar-refractivity contribution in [2.24, 2.45) is 0 Å². The van der Waals surface area contributed by atoms with Crippen LogP contribution in [0.3, 0.4) is 0 Å². The van der Waals surface area contributed by atoms with Crippen LogP contribution in [0.4, 0.5) is 26.3 Å². The molecule has 0 spiro atoms. The van der Waals surface area contributed by atoms with E-state index in [1.165, 1.54) is 24.3 Å². The Hall–Kier alpha value is -3.54. The Morgan fingerprint density at radius 1 is 0.364 bits per heavy atom. The van der Waals surface area contributed by atoms with Gasteiger partial charge in [0.2, 0.25) is 0 Å². The first-order chi connectivity index (χ1) is 15.6. The van der Waals surface area contributed by atoms with E-state index in [0.29, 0.717) is 17.5 Å². The molecule has 4 aromatic rings. The highest BCUT2D eigenvalue weighted by atomic mass is 19.4. The highest BCUT2D eigenvalue weighted by molar-refractivity contribution is 5.65. The largest absolute Gasteiger partial charge is 0.416 e. The summed E-state index contributed by atoms with van der Waals surface area (Å²) in [6, 6.07) is 25.3. The van der Waals surface area contributed by atoms with E-state index in [9.17, 15) is 26.3 Å². The minimum atomic E-state index is -4.36. The van der Waals surface area contributed by atoms with Crippen molar-refractivity contribution >= 4 is 0 Å². The number of rotatable bonds is 4. The van der Waals surface area contributed by atoms with Crippen LogP contribution in [0.2, 0.25) is 0 Å². The molecule has 0 N–H and O–H groups in total. The van der Waals surface area contributed by atoms with E-state index in [-0.39, 0.29) is 0 Å². The second-order valence-corrected chi connectivity index (χ2v) is 7.72. The van der Waals surface area contributed by atoms with Crippen LogP contribution < -0.4 is 0 Å². The van der Waals surface area contributed by atoms with Crippen LogP contribution in [0.25, 0.3) is 22.3 Å². The Kier molecular flexibility index (Phi) is 6.02. The first-order valence-corrected chi connectivity index (χ1v) is 10.1. The molecule has 0 nitrogen and oxygen atoms in total. The van der Waals surface area contributed by atoms with Gasteiger partial charge in [-0.15, -0.1) is 0 Å². The predicted octanol–water partition coefficient (Wildman–Crippen LogP) is 8.65. The fourth-order valence-electron chi connectivity index (χ4n) is 3.57. The average Bonchev–Trinajstić information content (AvgIpc) is 2.79. The van der Waals surface area contributed by atoms with Crippen molar-refractivity contribution in [2.45, 2.75) is 18.8 Å². The monoisotopic (exact) mass is 456 g/mol. The van der Waals surface area contributed by atoms with Gasteiger partial charge in [-0.25, -0.2) is 0 Å². The molecule has 0 heterocycles. The number of hydrogen-bond donors (Lipinski definition) is 0. The third-order valence-corrected chi connectivity index (χ3v) is 5.41. The van der Waals surface area contributed by atoms with Gasteiger partial charge in [0.25, 0.3) is 0 Å². The summed E-state index contributed by atoms with van der Waals surface area (Å²) >= 11 is 0. The topological polar surface area (TPSA) is 0 Å². The van der Waals surface area contributed by atoms with Gasteiger partial charge in [0, 0.05) is 0 Å². The molecule has 0 radical (unpaired) electrons. The van der Waals surface area contributed by atoms with Crippen molar-refractivity contribution in [1.82, 2.24) is 0 Å². The summed E-state index contributed by atoms with van der Waals surface area (Å²) < 4.78 is 76.3. The zero-order valence-corrected chi connectivity index (χ0v) is 17.2. The Labute approximate surface area is 187 Å². The molecule has 0 saturated heterocycles. The summed E-state index contributed by atoms with van der Waals surface area (Å²) in [7, 11) is 0. The number of hydrogen-bond acceptors (Lipinski definition) is 0. The minimum absolute atomic E-state index is 0.653. The highest BCUT2D eigenvalue weighted by Crippen LogP contribution is 2.32. The predicted molar refractivity (Wildman–Crippen MR) is 117 cm³/mol. The first kappa shape index (κ1) is 22.6. The Morgan fingerprint density at radius 3 is 0.848 bits per heavy atom. The molecule has 33 heavy (non-hydrogen) atoms. The quantitative estimate of drug-likeness (QED) is 0.270. The van der Waals surface area contributed by atoms with Crippen LogP contribution in [0.1, 0.15) is 22.3 Å². The van der Waals surface area contributed by atoms with Gasteiger partial charge in [0.1, 0.15) is 0 Å². The highest BCUT2D eigenvalue weighted by Gasteiger charge is 2.30. The number of alkyl halides is 6. The minimum Gasteiger partial charge on any atom is -0.166 e. The second kappa shape index (κ2) is 8.77. The van der Waals surface area contributed by atoms with E-state index in [1.54, 1.807) is 0 Å². The van der Waals surface area contributed by atoms with Crippen molar-refractivity contribution in [1.29, 1.82) is 0 Å². The lowest BCUT2D eigenvalue weighted by atomic mass is 9.98. The molecule has 0 aliphatic heterocycles. The third kappa shape index (κ3) is 5.45. The standard InChI is InChI=1S/C27H18F6/c28-26(29,30)24-13-9-22(10-14-24)20-5-1-18(2-6-20)17-19-3-7-21(8-4-19)23-11-15-25(16-12-23)27(31,32)33/h1-16H,17H2. The van der Waals surface area contributed by atoms with Crippen molar-refractivity contribution in [3.8, 4) is 22.3 Å². The first-order valence-electron chi connectivity index (χ1n) is 10.1. The van der Waals surface area contributed by atoms with E-state index in [1.807, 2.05) is 48.5 Å². The molecule has 168 valence electrons. The van der Waals surface area contributed by atoms with E-state index in [4.69, 9.17) is 0 Å². The maximum absolute atomic E-state index is 12.7. The Morgan fingerprint density at radius 2 is 0.606 bits per heavy atom. The number of benzene rings is 4. The summed E-state index contributed by atoms with van der Waals surface area (Å²) in [6.45, 7) is 0. The van der Waals surface area contributed by atoms with Crippen LogP contribution in [0.15, 0.2) is 97.1 Å². The van der Waals surface area contributed by atoms with Crippen LogP contribution in [-0.2, 0) is 18.8 Å². The molecule has 0 fully saturated rings. The summed E-state index contributed by atoms with van der Waals surface area (Å²) in [6.07, 6.45) is -8.06. The molecule has 0 bridgehead atoms. The van der Waals surface area contributed by atoms with Gasteiger partial charge in [-0.2, -0.15) is 26.3 Å². The molecule has 0 aromatic heterocycles. The van der Waals surface area contributed by atoms with Crippen molar-refractivity contribution in [3.63, 3.8) is 0 Å². The summed E-state index contributed by atoms with van der Waals surface area (Å²) in [4.78, 5) is 0. The lowest BCUT2D eigenvalue weighted by Crippen LogP contribution is -2.03. The average molecular weight is 456 g/mol. The van der Waals surface area contributed by atoms with E-state index in [2.05, 4.69) is 0 Å². The zero-order chi connectivity index (χ0) is 23.6. The van der Waals surface area contributed by atoms with Gasteiger partial charge < -0.3 is 0 Å². The summed E-state index contributed by atoms with van der Waals surface area (Å²) in [5.41, 5.74) is 3.77. The lowest BCUT2D eigenvalue weighted by Gasteiger charge is -2.09. The third-order valence-electron chi connectivity index (χ3n) is 5.41. The van der Waals surface area contributed by atoms with Crippen molar-refractivity contribution in [2.75, 3.05) is 0 Å². The van der Waals surface area contributed by atoms with Gasteiger partial charge in [0.05, 0.1) is 11.1 Å². The van der Waals surface area contributed by atoms with Gasteiger partial charge in [-0.05, 0) is 64.1 Å².